The topological polar surface area (TPSA) is 70.7 Å². The Kier molecular flexibility index (Phi) is 5.98. The van der Waals surface area contributed by atoms with Crippen molar-refractivity contribution in [3.8, 4) is 0 Å². The van der Waals surface area contributed by atoms with E-state index >= 15 is 4.39 Å². The van der Waals surface area contributed by atoms with Crippen LogP contribution in [0.5, 0.6) is 0 Å². The van der Waals surface area contributed by atoms with Gasteiger partial charge < -0.3 is 5.32 Å². The average Bonchev–Trinajstić information content (AvgIpc) is 3.22. The number of aromatic amines is 1. The fourth-order valence-electron chi connectivity index (χ4n) is 3.01. The van der Waals surface area contributed by atoms with E-state index < -0.39 is 11.6 Å². The number of hydrogen-bond donors (Lipinski definition) is 2. The van der Waals surface area contributed by atoms with E-state index in [1.54, 1.807) is 42.9 Å². The molecule has 0 aliphatic rings. The van der Waals surface area contributed by atoms with E-state index in [1.807, 2.05) is 13.8 Å². The maximum Gasteiger partial charge on any atom is 0.199 e. The standard InChI is InChI=1S/C20H20ClFN4O/c1-3-17(26-12(2)14-10-24-25-11-14)15-6-7-16(21)18(19(15)22)20(27)13-5-4-8-23-9-13/h4-12,17,26H,3H2,1-2H3,(H,24,25)/t12-,17-/m1/s1. The number of carbonyl (C=O) groups is 1. The molecule has 0 saturated carbocycles. The summed E-state index contributed by atoms with van der Waals surface area (Å²) in [7, 11) is 0. The summed E-state index contributed by atoms with van der Waals surface area (Å²) in [6, 6.07) is 6.09. The maximum atomic E-state index is 15.3. The highest BCUT2D eigenvalue weighted by molar-refractivity contribution is 6.35. The van der Waals surface area contributed by atoms with Crippen LogP contribution in [-0.2, 0) is 0 Å². The number of hydrogen-bond acceptors (Lipinski definition) is 4. The number of rotatable bonds is 7. The molecule has 5 nitrogen and oxygen atoms in total. The number of carbonyl (C=O) groups excluding carboxylic acids is 1. The molecule has 0 bridgehead atoms. The Morgan fingerprint density at radius 2 is 2.15 bits per heavy atom. The first-order valence-corrected chi connectivity index (χ1v) is 9.08. The average molecular weight is 387 g/mol. The molecule has 0 radical (unpaired) electrons. The number of pyridine rings is 1. The number of nitrogens with zero attached hydrogens (tertiary/aromatic N) is 2. The van der Waals surface area contributed by atoms with Gasteiger partial charge >= 0.3 is 0 Å². The lowest BCUT2D eigenvalue weighted by Crippen LogP contribution is -2.25. The molecule has 2 aromatic heterocycles. The number of H-pyrrole nitrogens is 1. The van der Waals surface area contributed by atoms with Gasteiger partial charge in [0.1, 0.15) is 5.82 Å². The quantitative estimate of drug-likeness (QED) is 0.581. The molecule has 0 unspecified atom stereocenters. The van der Waals surface area contributed by atoms with Crippen LogP contribution in [0.25, 0.3) is 0 Å². The molecule has 0 aliphatic carbocycles. The van der Waals surface area contributed by atoms with Crippen LogP contribution in [0.3, 0.4) is 0 Å². The second kappa shape index (κ2) is 8.41. The molecule has 0 amide bonds. The second-order valence-corrected chi connectivity index (χ2v) is 6.68. The summed E-state index contributed by atoms with van der Waals surface area (Å²) in [5, 5.41) is 10.2. The fraction of sp³-hybridized carbons (Fsp3) is 0.250. The predicted molar refractivity (Wildman–Crippen MR) is 102 cm³/mol. The SMILES string of the molecule is CC[C@@H](N[C@H](C)c1cn[nH]c1)c1ccc(Cl)c(C(=O)c2cccnc2)c1F. The van der Waals surface area contributed by atoms with Gasteiger partial charge in [0, 0.05) is 47.4 Å². The zero-order valence-electron chi connectivity index (χ0n) is 15.0. The molecule has 7 heteroatoms. The first kappa shape index (κ1) is 19.2. The molecule has 0 spiro atoms. The van der Waals surface area contributed by atoms with Gasteiger partial charge in [0.2, 0.25) is 0 Å². The number of benzene rings is 1. The van der Waals surface area contributed by atoms with E-state index in [1.165, 1.54) is 6.20 Å². The Labute approximate surface area is 162 Å². The molecule has 0 fully saturated rings. The van der Waals surface area contributed by atoms with Crippen molar-refractivity contribution in [1.29, 1.82) is 0 Å². The molecule has 1 aromatic carbocycles. The Morgan fingerprint density at radius 1 is 1.33 bits per heavy atom. The minimum Gasteiger partial charge on any atom is -0.303 e. The fourth-order valence-corrected chi connectivity index (χ4v) is 3.24. The molecule has 140 valence electrons. The summed E-state index contributed by atoms with van der Waals surface area (Å²) in [5.41, 5.74) is 1.54. The number of halogens is 2. The first-order valence-electron chi connectivity index (χ1n) is 8.70. The van der Waals surface area contributed by atoms with E-state index in [2.05, 4.69) is 20.5 Å². The van der Waals surface area contributed by atoms with Crippen molar-refractivity contribution in [2.45, 2.75) is 32.4 Å². The summed E-state index contributed by atoms with van der Waals surface area (Å²) in [4.78, 5) is 16.7. The van der Waals surface area contributed by atoms with Gasteiger partial charge in [-0.25, -0.2) is 4.39 Å². The van der Waals surface area contributed by atoms with E-state index in [0.29, 0.717) is 17.5 Å². The lowest BCUT2D eigenvalue weighted by Gasteiger charge is -2.23. The van der Waals surface area contributed by atoms with E-state index in [4.69, 9.17) is 11.6 Å². The molecule has 2 heterocycles. The molecular formula is C20H20ClFN4O. The minimum absolute atomic E-state index is 0.0405. The largest absolute Gasteiger partial charge is 0.303 e. The lowest BCUT2D eigenvalue weighted by atomic mass is 9.96. The molecule has 0 aliphatic heterocycles. The summed E-state index contributed by atoms with van der Waals surface area (Å²) < 4.78 is 15.3. The van der Waals surface area contributed by atoms with Crippen molar-refractivity contribution in [1.82, 2.24) is 20.5 Å². The Bertz CT molecular complexity index is 915. The smallest absolute Gasteiger partial charge is 0.199 e. The van der Waals surface area contributed by atoms with Gasteiger partial charge in [-0.15, -0.1) is 0 Å². The van der Waals surface area contributed by atoms with Crippen LogP contribution >= 0.6 is 11.6 Å². The Morgan fingerprint density at radius 3 is 2.78 bits per heavy atom. The third-order valence-electron chi connectivity index (χ3n) is 4.53. The zero-order valence-corrected chi connectivity index (χ0v) is 15.8. The Balaban J connectivity index is 1.95. The van der Waals surface area contributed by atoms with Crippen LogP contribution in [0, 0.1) is 5.82 Å². The van der Waals surface area contributed by atoms with Crippen LogP contribution < -0.4 is 5.32 Å². The van der Waals surface area contributed by atoms with Crippen molar-refractivity contribution in [3.05, 3.63) is 82.1 Å². The summed E-state index contributed by atoms with van der Waals surface area (Å²) >= 11 is 6.17. The van der Waals surface area contributed by atoms with Gasteiger partial charge in [0.05, 0.1) is 16.8 Å². The molecule has 3 rings (SSSR count). The predicted octanol–water partition coefficient (Wildman–Crippen LogP) is 4.63. The molecule has 3 aromatic rings. The Hall–Kier alpha value is -2.57. The molecular weight excluding hydrogens is 367 g/mol. The second-order valence-electron chi connectivity index (χ2n) is 6.28. The van der Waals surface area contributed by atoms with Gasteiger partial charge in [-0.3, -0.25) is 14.9 Å². The highest BCUT2D eigenvalue weighted by Gasteiger charge is 2.25. The van der Waals surface area contributed by atoms with Gasteiger partial charge in [-0.1, -0.05) is 24.6 Å². The van der Waals surface area contributed by atoms with Crippen molar-refractivity contribution in [3.63, 3.8) is 0 Å². The third-order valence-corrected chi connectivity index (χ3v) is 4.84. The van der Waals surface area contributed by atoms with Crippen LogP contribution in [0.1, 0.15) is 59.4 Å². The van der Waals surface area contributed by atoms with Gasteiger partial charge in [-0.05, 0) is 31.5 Å². The molecule has 0 saturated heterocycles. The van der Waals surface area contributed by atoms with Gasteiger partial charge in [0.25, 0.3) is 0 Å². The number of aromatic nitrogens is 3. The normalized spacial score (nSPS) is 13.3. The molecule has 2 N–H and O–H groups in total. The first-order chi connectivity index (χ1) is 13.0. The number of nitrogens with one attached hydrogen (secondary N) is 2. The van der Waals surface area contributed by atoms with Crippen LogP contribution in [0.2, 0.25) is 5.02 Å². The number of ketones is 1. The lowest BCUT2D eigenvalue weighted by molar-refractivity contribution is 0.103. The monoisotopic (exact) mass is 386 g/mol. The highest BCUT2D eigenvalue weighted by atomic mass is 35.5. The zero-order chi connectivity index (χ0) is 19.4. The van der Waals surface area contributed by atoms with Crippen molar-refractivity contribution < 1.29 is 9.18 Å². The summed E-state index contributed by atoms with van der Waals surface area (Å²) in [6.07, 6.45) is 7.11. The minimum atomic E-state index is -0.602. The van der Waals surface area contributed by atoms with Crippen LogP contribution in [0.15, 0.2) is 49.1 Å². The van der Waals surface area contributed by atoms with Gasteiger partial charge in [0.15, 0.2) is 5.78 Å². The van der Waals surface area contributed by atoms with E-state index in [9.17, 15) is 4.79 Å². The van der Waals surface area contributed by atoms with E-state index in [0.717, 1.165) is 5.56 Å². The summed E-state index contributed by atoms with van der Waals surface area (Å²) in [6.45, 7) is 3.93. The van der Waals surface area contributed by atoms with Crippen molar-refractivity contribution in [2.75, 3.05) is 0 Å². The third kappa shape index (κ3) is 4.07. The summed E-state index contributed by atoms with van der Waals surface area (Å²) in [5.74, 6) is -1.08. The van der Waals surface area contributed by atoms with Gasteiger partial charge in [-0.2, -0.15) is 5.10 Å². The van der Waals surface area contributed by atoms with Crippen LogP contribution in [-0.4, -0.2) is 21.0 Å². The van der Waals surface area contributed by atoms with Crippen molar-refractivity contribution in [2.24, 2.45) is 0 Å². The maximum absolute atomic E-state index is 15.3. The van der Waals surface area contributed by atoms with Crippen molar-refractivity contribution >= 4 is 17.4 Å². The van der Waals surface area contributed by atoms with E-state index in [-0.39, 0.29) is 22.7 Å². The highest BCUT2D eigenvalue weighted by Crippen LogP contribution is 2.30. The molecule has 2 atom stereocenters. The molecule has 27 heavy (non-hydrogen) atoms. The van der Waals surface area contributed by atoms with Crippen LogP contribution in [0.4, 0.5) is 4.39 Å².